The zero-order valence-electron chi connectivity index (χ0n) is 5.28. The Labute approximate surface area is 58.3 Å². The minimum absolute atomic E-state index is 0.0392. The van der Waals surface area contributed by atoms with E-state index in [0.717, 1.165) is 5.56 Å². The number of aromatic nitrogens is 1. The fraction of sp³-hybridized carbons (Fsp3) is 0.143. The molecule has 0 saturated heterocycles. The molecule has 10 heavy (non-hydrogen) atoms. The Morgan fingerprint density at radius 1 is 1.40 bits per heavy atom. The molecule has 0 unspecified atom stereocenters. The van der Waals surface area contributed by atoms with Crippen molar-refractivity contribution in [1.82, 2.24) is 4.98 Å². The summed E-state index contributed by atoms with van der Waals surface area (Å²) in [5.41, 5.74) is 0.718. The molecule has 1 aromatic heterocycles. The van der Waals surface area contributed by atoms with Crippen LogP contribution < -0.4 is 0 Å². The quantitative estimate of drug-likeness (QED) is 0.597. The molecule has 1 radical (unpaired) electrons. The van der Waals surface area contributed by atoms with Gasteiger partial charge in [-0.15, -0.1) is 0 Å². The minimum atomic E-state index is -1.06. The summed E-state index contributed by atoms with van der Waals surface area (Å²) in [5, 5.41) is 10.0. The fourth-order valence-corrected chi connectivity index (χ4v) is 0.667. The third-order valence-electron chi connectivity index (χ3n) is 1.10. The Bertz CT molecular complexity index is 220. The average molecular weight is 136 g/mol. The molecule has 0 amide bonds. The lowest BCUT2D eigenvalue weighted by molar-refractivity contribution is -0.142. The maximum Gasteiger partial charge on any atom is 0.359 e. The number of carbonyl (C=O) groups excluding carboxylic acids is 1. The van der Waals surface area contributed by atoms with E-state index in [1.54, 1.807) is 24.5 Å². The molecule has 1 rings (SSSR count). The van der Waals surface area contributed by atoms with Crippen LogP contribution in [0.15, 0.2) is 24.5 Å². The first-order valence-corrected chi connectivity index (χ1v) is 2.88. The van der Waals surface area contributed by atoms with Gasteiger partial charge in [0, 0.05) is 12.4 Å². The summed E-state index contributed by atoms with van der Waals surface area (Å²) in [6.45, 7) is 0. The second-order valence-electron chi connectivity index (χ2n) is 1.90. The van der Waals surface area contributed by atoms with Crippen LogP contribution in [0.1, 0.15) is 5.56 Å². The second kappa shape index (κ2) is 2.96. The van der Waals surface area contributed by atoms with Crippen LogP contribution in [0.5, 0.6) is 0 Å². The van der Waals surface area contributed by atoms with Gasteiger partial charge in [0.05, 0.1) is 6.42 Å². The van der Waals surface area contributed by atoms with Crippen molar-refractivity contribution in [2.75, 3.05) is 0 Å². The van der Waals surface area contributed by atoms with E-state index in [-0.39, 0.29) is 6.42 Å². The molecule has 1 aromatic rings. The number of hydrogen-bond donors (Lipinski definition) is 0. The molecule has 1 heterocycles. The lowest BCUT2D eigenvalue weighted by Crippen LogP contribution is -1.97. The van der Waals surface area contributed by atoms with Gasteiger partial charge in [-0.3, -0.25) is 4.98 Å². The van der Waals surface area contributed by atoms with E-state index < -0.39 is 5.97 Å². The molecule has 0 aliphatic heterocycles. The number of pyridine rings is 1. The van der Waals surface area contributed by atoms with Crippen LogP contribution in [0.25, 0.3) is 0 Å². The second-order valence-corrected chi connectivity index (χ2v) is 1.90. The molecule has 0 aliphatic carbocycles. The van der Waals surface area contributed by atoms with Gasteiger partial charge in [0.2, 0.25) is 0 Å². The Morgan fingerprint density at radius 3 is 2.50 bits per heavy atom. The lowest BCUT2D eigenvalue weighted by atomic mass is 10.2. The Morgan fingerprint density at radius 2 is 2.00 bits per heavy atom. The highest BCUT2D eigenvalue weighted by Gasteiger charge is 1.99. The van der Waals surface area contributed by atoms with Crippen molar-refractivity contribution in [2.24, 2.45) is 0 Å². The Hall–Kier alpha value is -1.38. The predicted octanol–water partition coefficient (Wildman–Crippen LogP) is 0.581. The van der Waals surface area contributed by atoms with Crippen LogP contribution in [0.3, 0.4) is 0 Å². The third-order valence-corrected chi connectivity index (χ3v) is 1.10. The summed E-state index contributed by atoms with van der Waals surface area (Å²) < 4.78 is 0. The van der Waals surface area contributed by atoms with Gasteiger partial charge in [-0.1, -0.05) is 0 Å². The highest BCUT2D eigenvalue weighted by molar-refractivity contribution is 5.69. The average Bonchev–Trinajstić information content (AvgIpc) is 1.88. The molecular formula is C7H6NO2. The predicted molar refractivity (Wildman–Crippen MR) is 33.6 cm³/mol. The summed E-state index contributed by atoms with van der Waals surface area (Å²) in [6, 6.07) is 3.30. The minimum Gasteiger partial charge on any atom is -0.265 e. The first-order chi connectivity index (χ1) is 4.79. The number of hydrogen-bond acceptors (Lipinski definition) is 2. The van der Waals surface area contributed by atoms with E-state index in [0.29, 0.717) is 0 Å². The monoisotopic (exact) mass is 136 g/mol. The Kier molecular flexibility index (Phi) is 1.99. The van der Waals surface area contributed by atoms with E-state index >= 15 is 0 Å². The summed E-state index contributed by atoms with van der Waals surface area (Å²) >= 11 is 0. The first-order valence-electron chi connectivity index (χ1n) is 2.88. The van der Waals surface area contributed by atoms with Crippen LogP contribution in [0, 0.1) is 0 Å². The van der Waals surface area contributed by atoms with Gasteiger partial charge in [0.15, 0.2) is 0 Å². The molecule has 0 fully saturated rings. The SMILES string of the molecule is [O]C(=O)Cc1ccncc1. The van der Waals surface area contributed by atoms with E-state index in [9.17, 15) is 9.90 Å². The third kappa shape index (κ3) is 1.85. The van der Waals surface area contributed by atoms with Crippen LogP contribution in [-0.2, 0) is 16.3 Å². The van der Waals surface area contributed by atoms with Gasteiger partial charge < -0.3 is 0 Å². The van der Waals surface area contributed by atoms with Gasteiger partial charge in [-0.2, -0.15) is 0 Å². The zero-order chi connectivity index (χ0) is 7.40. The van der Waals surface area contributed by atoms with Crippen molar-refractivity contribution in [2.45, 2.75) is 6.42 Å². The maximum atomic E-state index is 10.0. The van der Waals surface area contributed by atoms with Crippen molar-refractivity contribution in [3.63, 3.8) is 0 Å². The number of nitrogens with zero attached hydrogens (tertiary/aromatic N) is 1. The highest BCUT2D eigenvalue weighted by Crippen LogP contribution is 1.96. The summed E-state index contributed by atoms with van der Waals surface area (Å²) in [5.74, 6) is -1.06. The summed E-state index contributed by atoms with van der Waals surface area (Å²) in [7, 11) is 0. The Balaban J connectivity index is 2.67. The van der Waals surface area contributed by atoms with Gasteiger partial charge in [0.25, 0.3) is 0 Å². The van der Waals surface area contributed by atoms with E-state index in [1.165, 1.54) is 0 Å². The van der Waals surface area contributed by atoms with Crippen LogP contribution >= 0.6 is 0 Å². The fourth-order valence-electron chi connectivity index (χ4n) is 0.667. The highest BCUT2D eigenvalue weighted by atomic mass is 16.4. The number of rotatable bonds is 2. The van der Waals surface area contributed by atoms with Crippen LogP contribution in [-0.4, -0.2) is 11.0 Å². The standard InChI is InChI=1S/C7H6NO2/c9-7(10)5-6-1-3-8-4-2-6/h1-4H,5H2. The molecule has 51 valence electrons. The molecule has 0 spiro atoms. The molecule has 3 nitrogen and oxygen atoms in total. The van der Waals surface area contributed by atoms with Crippen LogP contribution in [0.2, 0.25) is 0 Å². The lowest BCUT2D eigenvalue weighted by Gasteiger charge is -1.90. The smallest absolute Gasteiger partial charge is 0.265 e. The summed E-state index contributed by atoms with van der Waals surface area (Å²) in [4.78, 5) is 13.8. The molecule has 0 bridgehead atoms. The zero-order valence-corrected chi connectivity index (χ0v) is 5.28. The molecule has 0 saturated carbocycles. The molecule has 0 aromatic carbocycles. The molecule has 0 atom stereocenters. The van der Waals surface area contributed by atoms with Crippen molar-refractivity contribution in [3.8, 4) is 0 Å². The molecule has 3 heteroatoms. The van der Waals surface area contributed by atoms with Gasteiger partial charge in [-0.05, 0) is 17.7 Å². The number of carbonyl (C=O) groups is 1. The van der Waals surface area contributed by atoms with Gasteiger partial charge in [-0.25, -0.2) is 9.90 Å². The van der Waals surface area contributed by atoms with Crippen molar-refractivity contribution < 1.29 is 9.90 Å². The van der Waals surface area contributed by atoms with E-state index in [4.69, 9.17) is 0 Å². The van der Waals surface area contributed by atoms with Crippen molar-refractivity contribution in [1.29, 1.82) is 0 Å². The maximum absolute atomic E-state index is 10.0. The van der Waals surface area contributed by atoms with Gasteiger partial charge in [0.1, 0.15) is 0 Å². The molecule has 0 N–H and O–H groups in total. The van der Waals surface area contributed by atoms with Crippen molar-refractivity contribution in [3.05, 3.63) is 30.1 Å². The normalized spacial score (nSPS) is 9.20. The summed E-state index contributed by atoms with van der Waals surface area (Å²) in [6.07, 6.45) is 3.07. The van der Waals surface area contributed by atoms with E-state index in [1.807, 2.05) is 0 Å². The molecular weight excluding hydrogens is 130 g/mol. The van der Waals surface area contributed by atoms with Gasteiger partial charge >= 0.3 is 5.97 Å². The first kappa shape index (κ1) is 6.74. The van der Waals surface area contributed by atoms with Crippen LogP contribution in [0.4, 0.5) is 0 Å². The van der Waals surface area contributed by atoms with E-state index in [2.05, 4.69) is 4.98 Å². The topological polar surface area (TPSA) is 49.9 Å². The largest absolute Gasteiger partial charge is 0.359 e. The van der Waals surface area contributed by atoms with Crippen molar-refractivity contribution >= 4 is 5.97 Å². The molecule has 0 aliphatic rings.